The highest BCUT2D eigenvalue weighted by molar-refractivity contribution is 9.10. The van der Waals surface area contributed by atoms with E-state index < -0.39 is 5.60 Å². The van der Waals surface area contributed by atoms with Crippen LogP contribution < -0.4 is 10.1 Å². The van der Waals surface area contributed by atoms with Gasteiger partial charge in [0.2, 0.25) is 0 Å². The molecular weight excluding hydrogens is 322 g/mol. The largest absolute Gasteiger partial charge is 0.493 e. The zero-order valence-corrected chi connectivity index (χ0v) is 13.0. The van der Waals surface area contributed by atoms with E-state index in [0.29, 0.717) is 39.2 Å². The van der Waals surface area contributed by atoms with Crippen molar-refractivity contribution in [2.75, 3.05) is 26.4 Å². The van der Waals surface area contributed by atoms with Crippen molar-refractivity contribution in [3.63, 3.8) is 0 Å². The van der Waals surface area contributed by atoms with Gasteiger partial charge in [-0.05, 0) is 18.2 Å². The first kappa shape index (κ1) is 14.3. The van der Waals surface area contributed by atoms with Crippen molar-refractivity contribution in [3.8, 4) is 5.75 Å². The van der Waals surface area contributed by atoms with Crippen LogP contribution in [0.5, 0.6) is 5.75 Å². The van der Waals surface area contributed by atoms with Gasteiger partial charge in [0.15, 0.2) is 0 Å². The number of hydrogen-bond donors (Lipinski definition) is 2. The highest BCUT2D eigenvalue weighted by Gasteiger charge is 2.31. The molecule has 5 heteroatoms. The Balaban J connectivity index is 1.68. The Labute approximate surface area is 127 Å². The fourth-order valence-electron chi connectivity index (χ4n) is 2.82. The Morgan fingerprint density at radius 3 is 2.90 bits per heavy atom. The van der Waals surface area contributed by atoms with E-state index in [1.165, 1.54) is 5.56 Å². The highest BCUT2D eigenvalue weighted by atomic mass is 79.9. The van der Waals surface area contributed by atoms with Crippen LogP contribution in [0.3, 0.4) is 0 Å². The van der Waals surface area contributed by atoms with Gasteiger partial charge in [-0.15, -0.1) is 0 Å². The summed E-state index contributed by atoms with van der Waals surface area (Å²) in [6.45, 7) is 2.61. The van der Waals surface area contributed by atoms with Crippen molar-refractivity contribution in [1.82, 2.24) is 5.32 Å². The molecule has 2 heterocycles. The normalized spacial score (nSPS) is 24.8. The molecule has 3 rings (SSSR count). The van der Waals surface area contributed by atoms with Gasteiger partial charge in [0.25, 0.3) is 0 Å². The quantitative estimate of drug-likeness (QED) is 0.886. The molecule has 4 nitrogen and oxygen atoms in total. The lowest BCUT2D eigenvalue weighted by atomic mass is 9.93. The molecule has 2 N–H and O–H groups in total. The zero-order valence-electron chi connectivity index (χ0n) is 11.4. The number of aliphatic hydroxyl groups is 1. The topological polar surface area (TPSA) is 50.7 Å². The van der Waals surface area contributed by atoms with E-state index in [2.05, 4.69) is 27.3 Å². The predicted octanol–water partition coefficient (Wildman–Crippen LogP) is 2.40. The summed E-state index contributed by atoms with van der Waals surface area (Å²) in [6.07, 6.45) is 2.33. The molecule has 0 saturated carbocycles. The van der Waals surface area contributed by atoms with E-state index in [0.717, 1.165) is 16.6 Å². The van der Waals surface area contributed by atoms with Gasteiger partial charge in [-0.2, -0.15) is 0 Å². The monoisotopic (exact) mass is 341 g/mol. The average molecular weight is 342 g/mol. The van der Waals surface area contributed by atoms with Crippen molar-refractivity contribution < 1.29 is 14.6 Å². The van der Waals surface area contributed by atoms with Gasteiger partial charge in [-0.1, -0.05) is 15.9 Å². The first-order valence-electron chi connectivity index (χ1n) is 7.12. The fraction of sp³-hybridized carbons (Fsp3) is 0.600. The molecule has 1 atom stereocenters. The van der Waals surface area contributed by atoms with Gasteiger partial charge < -0.3 is 19.9 Å². The van der Waals surface area contributed by atoms with Crippen LogP contribution in [0.1, 0.15) is 30.9 Å². The van der Waals surface area contributed by atoms with E-state index in [1.807, 2.05) is 12.1 Å². The summed E-state index contributed by atoms with van der Waals surface area (Å²) in [5, 5.41) is 14.0. The molecule has 0 spiro atoms. The molecule has 0 aromatic heterocycles. The number of ether oxygens (including phenoxy) is 2. The van der Waals surface area contributed by atoms with Crippen LogP contribution in [0, 0.1) is 0 Å². The van der Waals surface area contributed by atoms with Gasteiger partial charge in [0.1, 0.15) is 5.75 Å². The van der Waals surface area contributed by atoms with Crippen LogP contribution >= 0.6 is 15.9 Å². The fourth-order valence-corrected chi connectivity index (χ4v) is 3.20. The van der Waals surface area contributed by atoms with Crippen molar-refractivity contribution in [1.29, 1.82) is 0 Å². The molecule has 1 aromatic carbocycles. The van der Waals surface area contributed by atoms with Crippen LogP contribution in [0.4, 0.5) is 0 Å². The summed E-state index contributed by atoms with van der Waals surface area (Å²) in [7, 11) is 0. The molecule has 0 radical (unpaired) electrons. The van der Waals surface area contributed by atoms with Crippen LogP contribution in [0.25, 0.3) is 0 Å². The number of fused-ring (bicyclic) bond motifs is 1. The van der Waals surface area contributed by atoms with Crippen molar-refractivity contribution >= 4 is 15.9 Å². The zero-order chi connectivity index (χ0) is 14.0. The molecule has 110 valence electrons. The minimum atomic E-state index is -0.636. The van der Waals surface area contributed by atoms with E-state index in [9.17, 15) is 5.11 Å². The van der Waals surface area contributed by atoms with Crippen LogP contribution in [-0.4, -0.2) is 37.1 Å². The predicted molar refractivity (Wildman–Crippen MR) is 80.0 cm³/mol. The summed E-state index contributed by atoms with van der Waals surface area (Å²) in [5.74, 6) is 0.941. The number of halogens is 1. The molecule has 1 saturated heterocycles. The first-order valence-corrected chi connectivity index (χ1v) is 7.91. The van der Waals surface area contributed by atoms with E-state index in [-0.39, 0.29) is 6.04 Å². The SMILES string of the molecule is OC1(CN[C@@H]2CCOc3ccc(Br)cc32)CCOCC1. The lowest BCUT2D eigenvalue weighted by molar-refractivity contribution is -0.0632. The summed E-state index contributed by atoms with van der Waals surface area (Å²) in [4.78, 5) is 0. The number of rotatable bonds is 3. The third-order valence-corrected chi connectivity index (χ3v) is 4.61. The van der Waals surface area contributed by atoms with Crippen molar-refractivity contribution in [2.24, 2.45) is 0 Å². The summed E-state index contributed by atoms with van der Waals surface area (Å²) < 4.78 is 12.1. The minimum Gasteiger partial charge on any atom is -0.493 e. The molecule has 2 aliphatic rings. The standard InChI is InChI=1S/C15H20BrNO3/c16-11-1-2-14-12(9-11)13(3-6-20-14)17-10-15(18)4-7-19-8-5-15/h1-2,9,13,17-18H,3-8,10H2/t13-/m1/s1. The van der Waals surface area contributed by atoms with Crippen molar-refractivity contribution in [3.05, 3.63) is 28.2 Å². The second kappa shape index (κ2) is 6.02. The smallest absolute Gasteiger partial charge is 0.124 e. The van der Waals surface area contributed by atoms with Gasteiger partial charge in [-0.3, -0.25) is 0 Å². The summed E-state index contributed by atoms with van der Waals surface area (Å²) in [6, 6.07) is 6.33. The number of hydrogen-bond acceptors (Lipinski definition) is 4. The maximum absolute atomic E-state index is 10.5. The van der Waals surface area contributed by atoms with Gasteiger partial charge in [-0.25, -0.2) is 0 Å². The molecule has 20 heavy (non-hydrogen) atoms. The van der Waals surface area contributed by atoms with Gasteiger partial charge in [0, 0.05) is 55.1 Å². The molecule has 1 fully saturated rings. The minimum absolute atomic E-state index is 0.239. The first-order chi connectivity index (χ1) is 9.66. The van der Waals surface area contributed by atoms with Crippen LogP contribution in [0.2, 0.25) is 0 Å². The van der Waals surface area contributed by atoms with Gasteiger partial charge >= 0.3 is 0 Å². The third kappa shape index (κ3) is 3.17. The lowest BCUT2D eigenvalue weighted by Gasteiger charge is -2.35. The second-order valence-corrected chi connectivity index (χ2v) is 6.51. The van der Waals surface area contributed by atoms with E-state index in [1.54, 1.807) is 0 Å². The van der Waals surface area contributed by atoms with E-state index >= 15 is 0 Å². The Kier molecular flexibility index (Phi) is 4.31. The van der Waals surface area contributed by atoms with Crippen LogP contribution in [0.15, 0.2) is 22.7 Å². The average Bonchev–Trinajstić information content (AvgIpc) is 2.46. The molecule has 0 unspecified atom stereocenters. The Morgan fingerprint density at radius 2 is 2.10 bits per heavy atom. The molecule has 1 aromatic rings. The Morgan fingerprint density at radius 1 is 1.30 bits per heavy atom. The molecule has 0 amide bonds. The van der Waals surface area contributed by atoms with Gasteiger partial charge in [0.05, 0.1) is 12.2 Å². The molecular formula is C15H20BrNO3. The Hall–Kier alpha value is -0.620. The number of benzene rings is 1. The highest BCUT2D eigenvalue weighted by Crippen LogP contribution is 2.34. The maximum Gasteiger partial charge on any atom is 0.124 e. The summed E-state index contributed by atoms with van der Waals surface area (Å²) in [5.41, 5.74) is 0.532. The molecule has 0 aliphatic carbocycles. The Bertz CT molecular complexity index is 474. The van der Waals surface area contributed by atoms with Crippen LogP contribution in [-0.2, 0) is 4.74 Å². The second-order valence-electron chi connectivity index (χ2n) is 5.59. The lowest BCUT2D eigenvalue weighted by Crippen LogP contribution is -2.46. The molecule has 0 bridgehead atoms. The molecule has 2 aliphatic heterocycles. The number of nitrogens with one attached hydrogen (secondary N) is 1. The third-order valence-electron chi connectivity index (χ3n) is 4.11. The summed E-state index contributed by atoms with van der Waals surface area (Å²) >= 11 is 3.51. The van der Waals surface area contributed by atoms with E-state index in [4.69, 9.17) is 9.47 Å². The van der Waals surface area contributed by atoms with Crippen molar-refractivity contribution in [2.45, 2.75) is 30.9 Å². The maximum atomic E-state index is 10.5.